The van der Waals surface area contributed by atoms with Gasteiger partial charge in [0.2, 0.25) is 0 Å². The van der Waals surface area contributed by atoms with Crippen LogP contribution in [0, 0.1) is 0 Å². The Labute approximate surface area is 140 Å². The normalized spacial score (nSPS) is 12.8. The zero-order valence-corrected chi connectivity index (χ0v) is 17.0. The van der Waals surface area contributed by atoms with Gasteiger partial charge in [0.15, 0.2) is 0 Å². The van der Waals surface area contributed by atoms with Crippen LogP contribution in [0.5, 0.6) is 0 Å². The largest absolute Gasteiger partial charge is 0.506 e. The zero-order chi connectivity index (χ0) is 16.9. The van der Waals surface area contributed by atoms with Crippen LogP contribution in [0.4, 0.5) is 0 Å². The van der Waals surface area contributed by atoms with Gasteiger partial charge in [0, 0.05) is 19.8 Å². The molecule has 0 bridgehead atoms. The van der Waals surface area contributed by atoms with E-state index < -0.39 is 8.80 Å². The molecule has 0 unspecified atom stereocenters. The van der Waals surface area contributed by atoms with Gasteiger partial charge in [-0.3, -0.25) is 0 Å². The average molecular weight is 335 g/mol. The second-order valence-electron chi connectivity index (χ2n) is 5.97. The molecule has 0 aliphatic heterocycles. The molecule has 0 aromatic heterocycles. The first-order valence-electron chi connectivity index (χ1n) is 9.34. The molecule has 4 nitrogen and oxygen atoms in total. The second kappa shape index (κ2) is 12.5. The molecule has 0 amide bonds. The summed E-state index contributed by atoms with van der Waals surface area (Å²) >= 11 is 0. The summed E-state index contributed by atoms with van der Waals surface area (Å²) in [6.45, 7) is 19.8. The van der Waals surface area contributed by atoms with E-state index in [0.29, 0.717) is 19.8 Å². The van der Waals surface area contributed by atoms with Crippen LogP contribution in [0.3, 0.4) is 0 Å². The van der Waals surface area contributed by atoms with E-state index in [0.717, 1.165) is 12.6 Å². The van der Waals surface area contributed by atoms with E-state index >= 15 is 0 Å². The summed E-state index contributed by atoms with van der Waals surface area (Å²) in [5.74, 6) is 0. The van der Waals surface area contributed by atoms with Gasteiger partial charge in [-0.2, -0.15) is 0 Å². The maximum absolute atomic E-state index is 6.02. The molecule has 0 aliphatic rings. The fourth-order valence-electron chi connectivity index (χ4n) is 3.47. The Morgan fingerprint density at radius 3 is 1.23 bits per heavy atom. The molecule has 0 aromatic rings. The molecule has 0 aliphatic carbocycles. The highest BCUT2D eigenvalue weighted by Crippen LogP contribution is 2.21. The first-order valence-corrected chi connectivity index (χ1v) is 11.3. The summed E-state index contributed by atoms with van der Waals surface area (Å²) < 4.78 is 19.3. The lowest BCUT2D eigenvalue weighted by Gasteiger charge is -2.40. The fourth-order valence-corrected chi connectivity index (χ4v) is 6.22. The Balaban J connectivity index is 5.04. The topological polar surface area (TPSA) is 27.7 Å². The summed E-state index contributed by atoms with van der Waals surface area (Å²) in [5.41, 5.74) is 0. The predicted molar refractivity (Wildman–Crippen MR) is 96.0 cm³/mol. The van der Waals surface area contributed by atoms with E-state index in [1.54, 1.807) is 0 Å². The quantitative estimate of drug-likeness (QED) is 0.333. The van der Waals surface area contributed by atoms with Crippen molar-refractivity contribution >= 4 is 8.80 Å². The molecule has 22 heavy (non-hydrogen) atoms. The van der Waals surface area contributed by atoms with Crippen molar-refractivity contribution in [3.05, 3.63) is 0 Å². The van der Waals surface area contributed by atoms with Crippen LogP contribution in [0.25, 0.3) is 0 Å². The first-order chi connectivity index (χ1) is 10.6. The minimum atomic E-state index is -2.51. The van der Waals surface area contributed by atoms with E-state index in [9.17, 15) is 0 Å². The number of rotatable bonds is 15. The number of nitrogens with zero attached hydrogens (tertiary/aromatic N) is 1. The highest BCUT2D eigenvalue weighted by Gasteiger charge is 2.43. The van der Waals surface area contributed by atoms with Crippen LogP contribution >= 0.6 is 0 Å². The minimum absolute atomic E-state index is 0.668. The molecule has 0 N–H and O–H groups in total. The molecule has 134 valence electrons. The smallest absolute Gasteiger partial charge is 0.374 e. The fraction of sp³-hybridized carbons (Fsp3) is 1.00. The van der Waals surface area contributed by atoms with Gasteiger partial charge < -0.3 is 17.8 Å². The van der Waals surface area contributed by atoms with Crippen LogP contribution < -0.4 is 0 Å². The highest BCUT2D eigenvalue weighted by atomic mass is 28.4. The maximum atomic E-state index is 6.02. The van der Waals surface area contributed by atoms with Gasteiger partial charge in [-0.05, 0) is 40.0 Å². The average Bonchev–Trinajstić information content (AvgIpc) is 2.47. The van der Waals surface area contributed by atoms with E-state index in [4.69, 9.17) is 13.3 Å². The molecule has 0 saturated heterocycles. The van der Waals surface area contributed by atoms with Crippen molar-refractivity contribution < 1.29 is 17.8 Å². The van der Waals surface area contributed by atoms with Gasteiger partial charge >= 0.3 is 8.80 Å². The van der Waals surface area contributed by atoms with Crippen molar-refractivity contribution in [2.75, 3.05) is 46.0 Å². The number of hydrogen-bond donors (Lipinski definition) is 0. The van der Waals surface area contributed by atoms with Crippen molar-refractivity contribution in [1.82, 2.24) is 0 Å². The van der Waals surface area contributed by atoms with Gasteiger partial charge in [-0.25, -0.2) is 0 Å². The third-order valence-corrected chi connectivity index (χ3v) is 7.10. The molecular formula is C17H40NO3Si+. The van der Waals surface area contributed by atoms with Crippen LogP contribution in [0.15, 0.2) is 0 Å². The molecule has 5 heteroatoms. The molecule has 0 heterocycles. The van der Waals surface area contributed by atoms with Crippen LogP contribution in [-0.4, -0.2) is 59.3 Å². The lowest BCUT2D eigenvalue weighted by molar-refractivity contribution is -0.926. The van der Waals surface area contributed by atoms with Gasteiger partial charge in [-0.1, -0.05) is 20.8 Å². The lowest BCUT2D eigenvalue weighted by atomic mass is 10.2. The molecule has 0 saturated carbocycles. The molecule has 0 radical (unpaired) electrons. The second-order valence-corrected chi connectivity index (χ2v) is 8.70. The van der Waals surface area contributed by atoms with Gasteiger partial charge in [0.25, 0.3) is 0 Å². The first kappa shape index (κ1) is 22.1. The Bertz CT molecular complexity index is 204. The summed E-state index contributed by atoms with van der Waals surface area (Å²) in [4.78, 5) is 0. The molecule has 0 atom stereocenters. The third kappa shape index (κ3) is 7.55. The van der Waals surface area contributed by atoms with Crippen molar-refractivity contribution in [1.29, 1.82) is 0 Å². The van der Waals surface area contributed by atoms with E-state index in [2.05, 4.69) is 20.8 Å². The zero-order valence-electron chi connectivity index (χ0n) is 16.0. The third-order valence-electron chi connectivity index (χ3n) is 4.08. The predicted octanol–water partition coefficient (Wildman–Crippen LogP) is 4.08. The maximum Gasteiger partial charge on any atom is 0.506 e. The summed E-state index contributed by atoms with van der Waals surface area (Å²) in [6, 6.07) is 0.933. The standard InChI is InChI=1S/C17H40NO3Si/c1-7-13-18(14-8-2,15-9-3)16-17-22(19-10-4,20-11-5)21-12-6/h7-17H2,1-6H3/q+1. The van der Waals surface area contributed by atoms with Gasteiger partial charge in [-0.15, -0.1) is 0 Å². The Morgan fingerprint density at radius 1 is 0.591 bits per heavy atom. The summed E-state index contributed by atoms with van der Waals surface area (Å²) in [6.07, 6.45) is 3.69. The van der Waals surface area contributed by atoms with Crippen molar-refractivity contribution in [3.63, 3.8) is 0 Å². The summed E-state index contributed by atoms with van der Waals surface area (Å²) in [5, 5.41) is 0. The van der Waals surface area contributed by atoms with Gasteiger partial charge in [0.05, 0.1) is 32.2 Å². The monoisotopic (exact) mass is 334 g/mol. The van der Waals surface area contributed by atoms with Crippen molar-refractivity contribution in [2.24, 2.45) is 0 Å². The van der Waals surface area contributed by atoms with E-state index in [1.165, 1.54) is 43.4 Å². The Hall–Kier alpha value is 0.0569. The molecule has 0 aromatic carbocycles. The Kier molecular flexibility index (Phi) is 12.5. The number of quaternary nitrogens is 1. The molecule has 0 spiro atoms. The molecule has 0 fully saturated rings. The summed E-state index contributed by atoms with van der Waals surface area (Å²) in [7, 11) is -2.51. The van der Waals surface area contributed by atoms with Crippen LogP contribution in [-0.2, 0) is 13.3 Å². The SMILES string of the molecule is CCC[N+](CCC)(CCC)CC[Si](OCC)(OCC)OCC. The van der Waals surface area contributed by atoms with Crippen molar-refractivity contribution in [2.45, 2.75) is 66.8 Å². The molecular weight excluding hydrogens is 294 g/mol. The van der Waals surface area contributed by atoms with Crippen LogP contribution in [0.1, 0.15) is 60.8 Å². The Morgan fingerprint density at radius 2 is 0.955 bits per heavy atom. The number of hydrogen-bond acceptors (Lipinski definition) is 3. The highest BCUT2D eigenvalue weighted by molar-refractivity contribution is 6.60. The van der Waals surface area contributed by atoms with Crippen LogP contribution in [0.2, 0.25) is 6.04 Å². The van der Waals surface area contributed by atoms with Gasteiger partial charge in [0.1, 0.15) is 0 Å². The van der Waals surface area contributed by atoms with E-state index in [1.807, 2.05) is 20.8 Å². The minimum Gasteiger partial charge on any atom is -0.374 e. The lowest BCUT2D eigenvalue weighted by Crippen LogP contribution is -2.55. The van der Waals surface area contributed by atoms with Crippen molar-refractivity contribution in [3.8, 4) is 0 Å². The molecule has 0 rings (SSSR count). The van der Waals surface area contributed by atoms with E-state index in [-0.39, 0.29) is 0 Å².